The first kappa shape index (κ1) is 15.5. The molecule has 0 aromatic carbocycles. The van der Waals surface area contributed by atoms with Gasteiger partial charge in [-0.3, -0.25) is 4.90 Å². The van der Waals surface area contributed by atoms with Crippen molar-refractivity contribution in [2.75, 3.05) is 5.75 Å². The molecule has 0 radical (unpaired) electrons. The highest BCUT2D eigenvalue weighted by Crippen LogP contribution is 2.32. The van der Waals surface area contributed by atoms with Gasteiger partial charge in [0.05, 0.1) is 5.37 Å². The molecular formula is C14H24N2O3S. The number of rotatable bonds is 3. The zero-order valence-corrected chi connectivity index (χ0v) is 13.0. The van der Waals surface area contributed by atoms with Crippen LogP contribution in [0.4, 0.5) is 4.79 Å². The van der Waals surface area contributed by atoms with Gasteiger partial charge in [0.15, 0.2) is 0 Å². The maximum absolute atomic E-state index is 12.4. The quantitative estimate of drug-likeness (QED) is 0.840. The number of carbonyl (C=O) groups is 2. The first-order chi connectivity index (χ1) is 9.52. The second-order valence-corrected chi connectivity index (χ2v) is 7.09. The predicted molar refractivity (Wildman–Crippen MR) is 79.8 cm³/mol. The van der Waals surface area contributed by atoms with E-state index in [0.29, 0.717) is 11.7 Å². The summed E-state index contributed by atoms with van der Waals surface area (Å²) in [6.45, 7) is 4.20. The molecule has 20 heavy (non-hydrogen) atoms. The minimum Gasteiger partial charge on any atom is -0.480 e. The summed E-state index contributed by atoms with van der Waals surface area (Å²) in [5.41, 5.74) is 0. The predicted octanol–water partition coefficient (Wildman–Crippen LogP) is 2.51. The lowest BCUT2D eigenvalue weighted by molar-refractivity contribution is -0.141. The molecule has 6 heteroatoms. The van der Waals surface area contributed by atoms with Crippen molar-refractivity contribution in [2.45, 2.75) is 63.4 Å². The largest absolute Gasteiger partial charge is 0.480 e. The van der Waals surface area contributed by atoms with Crippen LogP contribution in [0.15, 0.2) is 0 Å². The van der Waals surface area contributed by atoms with Crippen LogP contribution in [-0.4, -0.2) is 45.2 Å². The molecular weight excluding hydrogens is 276 g/mol. The van der Waals surface area contributed by atoms with Crippen molar-refractivity contribution in [3.05, 3.63) is 0 Å². The summed E-state index contributed by atoms with van der Waals surface area (Å²) in [4.78, 5) is 25.3. The Balaban J connectivity index is 1.99. The van der Waals surface area contributed by atoms with Gasteiger partial charge >= 0.3 is 12.0 Å². The fraction of sp³-hybridized carbons (Fsp3) is 0.857. The van der Waals surface area contributed by atoms with E-state index in [4.69, 9.17) is 0 Å². The Morgan fingerprint density at radius 2 is 2.15 bits per heavy atom. The van der Waals surface area contributed by atoms with Crippen LogP contribution in [0, 0.1) is 5.92 Å². The van der Waals surface area contributed by atoms with Gasteiger partial charge in [-0.2, -0.15) is 0 Å². The molecule has 2 aliphatic rings. The standard InChI is InChI=1S/C14H24N2O3S/c1-3-12-16(11(8-20-12)13(17)18)14(19)15-10-6-4-5-9(2)7-10/h9-12H,3-8H2,1-2H3,(H,15,19)(H,17,18). The van der Waals surface area contributed by atoms with E-state index in [1.54, 1.807) is 11.8 Å². The van der Waals surface area contributed by atoms with Gasteiger partial charge in [0.25, 0.3) is 0 Å². The van der Waals surface area contributed by atoms with E-state index in [-0.39, 0.29) is 17.4 Å². The van der Waals surface area contributed by atoms with Crippen molar-refractivity contribution >= 4 is 23.8 Å². The third kappa shape index (κ3) is 3.40. The van der Waals surface area contributed by atoms with Gasteiger partial charge in [0, 0.05) is 11.8 Å². The molecule has 1 saturated heterocycles. The van der Waals surface area contributed by atoms with Crippen LogP contribution in [0.2, 0.25) is 0 Å². The van der Waals surface area contributed by atoms with E-state index in [0.717, 1.165) is 25.7 Å². The molecule has 4 atom stereocenters. The second-order valence-electron chi connectivity index (χ2n) is 5.88. The van der Waals surface area contributed by atoms with Gasteiger partial charge in [-0.1, -0.05) is 26.7 Å². The third-order valence-corrected chi connectivity index (χ3v) is 5.68. The first-order valence-corrected chi connectivity index (χ1v) is 8.51. The van der Waals surface area contributed by atoms with Crippen LogP contribution >= 0.6 is 11.8 Å². The number of carboxylic acids is 1. The fourth-order valence-electron chi connectivity index (χ4n) is 3.16. The molecule has 2 amide bonds. The first-order valence-electron chi connectivity index (χ1n) is 7.46. The number of carboxylic acid groups (broad SMARTS) is 1. The molecule has 114 valence electrons. The Bertz CT molecular complexity index is 377. The number of urea groups is 1. The number of aliphatic carboxylic acids is 1. The molecule has 5 nitrogen and oxygen atoms in total. The summed E-state index contributed by atoms with van der Waals surface area (Å²) < 4.78 is 0. The maximum atomic E-state index is 12.4. The molecule has 4 unspecified atom stereocenters. The number of hydrogen-bond acceptors (Lipinski definition) is 3. The number of nitrogens with one attached hydrogen (secondary N) is 1. The van der Waals surface area contributed by atoms with Crippen LogP contribution < -0.4 is 5.32 Å². The Morgan fingerprint density at radius 1 is 1.40 bits per heavy atom. The van der Waals surface area contributed by atoms with E-state index in [9.17, 15) is 14.7 Å². The summed E-state index contributed by atoms with van der Waals surface area (Å²) in [6, 6.07) is -0.692. The SMILES string of the molecule is CCC1SCC(C(=O)O)N1C(=O)NC1CCCC(C)C1. The normalized spacial score (nSPS) is 34.0. The van der Waals surface area contributed by atoms with Crippen LogP contribution in [0.1, 0.15) is 46.0 Å². The second kappa shape index (κ2) is 6.70. The van der Waals surface area contributed by atoms with E-state index in [1.165, 1.54) is 11.3 Å². The molecule has 0 spiro atoms. The van der Waals surface area contributed by atoms with Gasteiger partial charge < -0.3 is 10.4 Å². The summed E-state index contributed by atoms with van der Waals surface area (Å²) >= 11 is 1.56. The molecule has 0 aromatic rings. The van der Waals surface area contributed by atoms with Crippen LogP contribution in [-0.2, 0) is 4.79 Å². The lowest BCUT2D eigenvalue weighted by Gasteiger charge is -2.32. The van der Waals surface area contributed by atoms with Crippen molar-refractivity contribution in [1.82, 2.24) is 10.2 Å². The minimum absolute atomic E-state index is 0.0166. The Labute approximate surface area is 124 Å². The Hall–Kier alpha value is -0.910. The van der Waals surface area contributed by atoms with Gasteiger partial charge in [0.1, 0.15) is 6.04 Å². The molecule has 2 N–H and O–H groups in total. The zero-order valence-electron chi connectivity index (χ0n) is 12.2. The van der Waals surface area contributed by atoms with Crippen molar-refractivity contribution in [3.63, 3.8) is 0 Å². The van der Waals surface area contributed by atoms with Gasteiger partial charge in [-0.15, -0.1) is 11.8 Å². The van der Waals surface area contributed by atoms with Crippen molar-refractivity contribution < 1.29 is 14.7 Å². The monoisotopic (exact) mass is 300 g/mol. The molecule has 2 fully saturated rings. The molecule has 0 bridgehead atoms. The summed E-state index contributed by atoms with van der Waals surface area (Å²) in [5, 5.41) is 12.3. The lowest BCUT2D eigenvalue weighted by Crippen LogP contribution is -2.53. The highest BCUT2D eigenvalue weighted by atomic mass is 32.2. The molecule has 2 rings (SSSR count). The summed E-state index contributed by atoms with van der Waals surface area (Å²) in [5.74, 6) is 0.224. The molecule has 1 heterocycles. The van der Waals surface area contributed by atoms with E-state index < -0.39 is 12.0 Å². The number of amides is 2. The minimum atomic E-state index is -0.902. The van der Waals surface area contributed by atoms with Crippen molar-refractivity contribution in [1.29, 1.82) is 0 Å². The number of thioether (sulfide) groups is 1. The number of hydrogen-bond donors (Lipinski definition) is 2. The number of nitrogens with zero attached hydrogens (tertiary/aromatic N) is 1. The summed E-state index contributed by atoms with van der Waals surface area (Å²) in [7, 11) is 0. The van der Waals surface area contributed by atoms with Gasteiger partial charge in [-0.25, -0.2) is 9.59 Å². The van der Waals surface area contributed by atoms with Crippen LogP contribution in [0.25, 0.3) is 0 Å². The maximum Gasteiger partial charge on any atom is 0.327 e. The van der Waals surface area contributed by atoms with Crippen LogP contribution in [0.3, 0.4) is 0 Å². The van der Waals surface area contributed by atoms with Crippen molar-refractivity contribution in [3.8, 4) is 0 Å². The third-order valence-electron chi connectivity index (χ3n) is 4.23. The summed E-state index contributed by atoms with van der Waals surface area (Å²) in [6.07, 6.45) is 5.15. The van der Waals surface area contributed by atoms with E-state index >= 15 is 0 Å². The fourth-order valence-corrected chi connectivity index (χ4v) is 4.50. The number of carbonyl (C=O) groups excluding carboxylic acids is 1. The average molecular weight is 300 g/mol. The lowest BCUT2D eigenvalue weighted by atomic mass is 9.87. The molecule has 1 aliphatic carbocycles. The van der Waals surface area contributed by atoms with E-state index in [2.05, 4.69) is 12.2 Å². The highest BCUT2D eigenvalue weighted by molar-refractivity contribution is 8.00. The van der Waals surface area contributed by atoms with Crippen LogP contribution in [0.5, 0.6) is 0 Å². The molecule has 1 saturated carbocycles. The zero-order chi connectivity index (χ0) is 14.7. The Kier molecular flexibility index (Phi) is 5.18. The average Bonchev–Trinajstić information content (AvgIpc) is 2.82. The van der Waals surface area contributed by atoms with Crippen molar-refractivity contribution in [2.24, 2.45) is 5.92 Å². The molecule has 0 aromatic heterocycles. The van der Waals surface area contributed by atoms with Gasteiger partial charge in [-0.05, 0) is 25.2 Å². The van der Waals surface area contributed by atoms with E-state index in [1.807, 2.05) is 6.92 Å². The smallest absolute Gasteiger partial charge is 0.327 e. The van der Waals surface area contributed by atoms with Gasteiger partial charge in [0.2, 0.25) is 0 Å². The topological polar surface area (TPSA) is 69.6 Å². The Morgan fingerprint density at radius 3 is 2.75 bits per heavy atom. The highest BCUT2D eigenvalue weighted by Gasteiger charge is 2.41. The molecule has 1 aliphatic heterocycles.